The molecule has 214 valence electrons. The van der Waals surface area contributed by atoms with Gasteiger partial charge >= 0.3 is 12.1 Å². The van der Waals surface area contributed by atoms with Gasteiger partial charge in [0.15, 0.2) is 0 Å². The average Bonchev–Trinajstić information content (AvgIpc) is 2.94. The molecule has 1 fully saturated rings. The molecule has 1 saturated heterocycles. The Morgan fingerprint density at radius 1 is 0.850 bits per heavy atom. The molecule has 3 aromatic rings. The SMILES string of the molecule is Fc1ccc(C(OCCN2CCN(/C=C/Cc3ccccc3)CC2)c2ccc(F)cc2)cc1.O=C(O)C(F)(F)F. The second-order valence-electron chi connectivity index (χ2n) is 9.11. The molecule has 0 unspecified atom stereocenters. The maximum absolute atomic E-state index is 13.4. The van der Waals surface area contributed by atoms with Crippen molar-refractivity contribution < 1.29 is 36.6 Å². The molecule has 1 N–H and O–H groups in total. The van der Waals surface area contributed by atoms with E-state index in [0.717, 1.165) is 50.3 Å². The molecular formula is C30H31F5N2O3. The lowest BCUT2D eigenvalue weighted by atomic mass is 10.0. The Morgan fingerprint density at radius 2 is 1.35 bits per heavy atom. The van der Waals surface area contributed by atoms with E-state index in [1.807, 2.05) is 6.07 Å². The van der Waals surface area contributed by atoms with Crippen LogP contribution in [0.2, 0.25) is 0 Å². The summed E-state index contributed by atoms with van der Waals surface area (Å²) in [7, 11) is 0. The fourth-order valence-corrected chi connectivity index (χ4v) is 4.05. The van der Waals surface area contributed by atoms with Crippen LogP contribution >= 0.6 is 0 Å². The van der Waals surface area contributed by atoms with E-state index in [0.29, 0.717) is 6.61 Å². The van der Waals surface area contributed by atoms with Crippen LogP contribution in [-0.2, 0) is 16.0 Å². The molecule has 4 rings (SSSR count). The van der Waals surface area contributed by atoms with Crippen LogP contribution in [0.15, 0.2) is 91.1 Å². The zero-order valence-corrected chi connectivity index (χ0v) is 21.7. The van der Waals surface area contributed by atoms with Gasteiger partial charge in [0.25, 0.3) is 0 Å². The highest BCUT2D eigenvalue weighted by atomic mass is 19.4. The average molecular weight is 563 g/mol. The zero-order valence-electron chi connectivity index (χ0n) is 21.7. The Kier molecular flexibility index (Phi) is 11.6. The third kappa shape index (κ3) is 10.4. The van der Waals surface area contributed by atoms with Gasteiger partial charge in [-0.05, 0) is 53.6 Å². The van der Waals surface area contributed by atoms with Gasteiger partial charge in [0.05, 0.1) is 6.61 Å². The van der Waals surface area contributed by atoms with E-state index >= 15 is 0 Å². The summed E-state index contributed by atoms with van der Waals surface area (Å²) in [6.45, 7) is 5.31. The first kappa shape index (κ1) is 30.8. The number of carbonyl (C=O) groups is 1. The third-order valence-electron chi connectivity index (χ3n) is 6.20. The van der Waals surface area contributed by atoms with E-state index in [4.69, 9.17) is 14.6 Å². The first-order chi connectivity index (χ1) is 19.1. The summed E-state index contributed by atoms with van der Waals surface area (Å²) in [5.74, 6) is -3.33. The number of nitrogens with zero attached hydrogens (tertiary/aromatic N) is 2. The first-order valence-electron chi connectivity index (χ1n) is 12.7. The number of carboxylic acids is 1. The van der Waals surface area contributed by atoms with E-state index in [9.17, 15) is 22.0 Å². The number of halogens is 5. The highest BCUT2D eigenvalue weighted by molar-refractivity contribution is 5.73. The van der Waals surface area contributed by atoms with E-state index < -0.39 is 12.1 Å². The van der Waals surface area contributed by atoms with Gasteiger partial charge in [0.2, 0.25) is 0 Å². The summed E-state index contributed by atoms with van der Waals surface area (Å²) in [5.41, 5.74) is 3.04. The molecule has 0 aromatic heterocycles. The van der Waals surface area contributed by atoms with Crippen molar-refractivity contribution >= 4 is 5.97 Å². The summed E-state index contributed by atoms with van der Waals surface area (Å²) in [6, 6.07) is 23.1. The number of alkyl halides is 3. The molecule has 5 nitrogen and oxygen atoms in total. The molecule has 0 saturated carbocycles. The standard InChI is InChI=1S/C28H30F2N2O.C2HF3O2/c29-26-12-8-24(9-13-26)28(25-10-14-27(30)15-11-25)33-22-21-32-19-17-31(18-20-32)16-4-7-23-5-2-1-3-6-23;3-2(4,5)1(6)7/h1-6,8-16,28H,7,17-22H2;(H,6,7)/b16-4+;. The van der Waals surface area contributed by atoms with Crippen molar-refractivity contribution in [2.75, 3.05) is 39.3 Å². The van der Waals surface area contributed by atoms with Crippen molar-refractivity contribution in [2.45, 2.75) is 18.7 Å². The van der Waals surface area contributed by atoms with E-state index in [2.05, 4.69) is 46.3 Å². The molecule has 40 heavy (non-hydrogen) atoms. The van der Waals surface area contributed by atoms with Gasteiger partial charge in [-0.2, -0.15) is 13.2 Å². The number of aliphatic carboxylic acids is 1. The Labute approximate surface area is 230 Å². The van der Waals surface area contributed by atoms with Gasteiger partial charge < -0.3 is 14.7 Å². The number of hydrogen-bond donors (Lipinski definition) is 1. The molecule has 0 spiro atoms. The number of allylic oxidation sites excluding steroid dienone is 1. The lowest BCUT2D eigenvalue weighted by Gasteiger charge is -2.34. The number of rotatable bonds is 9. The zero-order chi connectivity index (χ0) is 29.0. The smallest absolute Gasteiger partial charge is 0.475 e. The van der Waals surface area contributed by atoms with Crippen LogP contribution < -0.4 is 0 Å². The van der Waals surface area contributed by atoms with Crippen molar-refractivity contribution in [3.63, 3.8) is 0 Å². The molecular weight excluding hydrogens is 531 g/mol. The Hall–Kier alpha value is -3.76. The Morgan fingerprint density at radius 3 is 1.82 bits per heavy atom. The molecule has 0 aliphatic carbocycles. The van der Waals surface area contributed by atoms with Gasteiger partial charge in [-0.1, -0.05) is 60.7 Å². The van der Waals surface area contributed by atoms with E-state index in [1.54, 1.807) is 24.3 Å². The van der Waals surface area contributed by atoms with Crippen LogP contribution in [0, 0.1) is 11.6 Å². The van der Waals surface area contributed by atoms with E-state index in [1.165, 1.54) is 29.8 Å². The van der Waals surface area contributed by atoms with E-state index in [-0.39, 0.29) is 17.7 Å². The Bertz CT molecular complexity index is 1150. The molecule has 3 aromatic carbocycles. The predicted octanol–water partition coefficient (Wildman–Crippen LogP) is 6.08. The number of carboxylic acid groups (broad SMARTS) is 1. The predicted molar refractivity (Wildman–Crippen MR) is 142 cm³/mol. The summed E-state index contributed by atoms with van der Waals surface area (Å²) < 4.78 is 64.7. The topological polar surface area (TPSA) is 53.0 Å². The largest absolute Gasteiger partial charge is 0.490 e. The normalized spacial score (nSPS) is 14.3. The molecule has 0 amide bonds. The quantitative estimate of drug-likeness (QED) is 0.321. The number of hydrogen-bond acceptors (Lipinski definition) is 4. The summed E-state index contributed by atoms with van der Waals surface area (Å²) >= 11 is 0. The number of piperazine rings is 1. The fourth-order valence-electron chi connectivity index (χ4n) is 4.05. The number of benzene rings is 3. The second-order valence-corrected chi connectivity index (χ2v) is 9.11. The maximum atomic E-state index is 13.4. The molecule has 10 heteroatoms. The van der Waals surface area contributed by atoms with Crippen molar-refractivity contribution in [2.24, 2.45) is 0 Å². The van der Waals surface area contributed by atoms with Crippen molar-refractivity contribution in [3.05, 3.63) is 119 Å². The monoisotopic (exact) mass is 562 g/mol. The van der Waals surface area contributed by atoms with Crippen molar-refractivity contribution in [1.29, 1.82) is 0 Å². The lowest BCUT2D eigenvalue weighted by molar-refractivity contribution is -0.192. The fraction of sp³-hybridized carbons (Fsp3) is 0.300. The molecule has 1 aliphatic rings. The van der Waals surface area contributed by atoms with Crippen LogP contribution in [0.3, 0.4) is 0 Å². The van der Waals surface area contributed by atoms with Crippen LogP contribution in [0.1, 0.15) is 22.8 Å². The van der Waals surface area contributed by atoms with Crippen molar-refractivity contribution in [1.82, 2.24) is 9.80 Å². The highest BCUT2D eigenvalue weighted by Gasteiger charge is 2.38. The summed E-state index contributed by atoms with van der Waals surface area (Å²) in [5, 5.41) is 7.12. The summed E-state index contributed by atoms with van der Waals surface area (Å²) in [6.07, 6.45) is -0.0546. The molecule has 0 radical (unpaired) electrons. The number of ether oxygens (including phenoxy) is 1. The first-order valence-corrected chi connectivity index (χ1v) is 12.7. The second kappa shape index (κ2) is 15.1. The third-order valence-corrected chi connectivity index (χ3v) is 6.20. The Balaban J connectivity index is 0.000000559. The lowest BCUT2D eigenvalue weighted by Crippen LogP contribution is -2.45. The van der Waals surface area contributed by atoms with Crippen LogP contribution in [0.25, 0.3) is 0 Å². The van der Waals surface area contributed by atoms with Crippen LogP contribution in [0.4, 0.5) is 22.0 Å². The van der Waals surface area contributed by atoms with Crippen LogP contribution in [0.5, 0.6) is 0 Å². The minimum atomic E-state index is -5.08. The molecule has 0 atom stereocenters. The minimum absolute atomic E-state index is 0.285. The molecule has 0 bridgehead atoms. The van der Waals surface area contributed by atoms with Gasteiger partial charge in [0.1, 0.15) is 17.7 Å². The van der Waals surface area contributed by atoms with Gasteiger partial charge in [-0.25, -0.2) is 13.6 Å². The molecule has 1 aliphatic heterocycles. The molecule has 1 heterocycles. The van der Waals surface area contributed by atoms with Crippen molar-refractivity contribution in [3.8, 4) is 0 Å². The van der Waals surface area contributed by atoms with Gasteiger partial charge in [0, 0.05) is 32.7 Å². The van der Waals surface area contributed by atoms with Crippen LogP contribution in [-0.4, -0.2) is 66.4 Å². The maximum Gasteiger partial charge on any atom is 0.490 e. The minimum Gasteiger partial charge on any atom is -0.475 e. The van der Waals surface area contributed by atoms with Gasteiger partial charge in [-0.15, -0.1) is 0 Å². The van der Waals surface area contributed by atoms with Gasteiger partial charge in [-0.3, -0.25) is 4.90 Å². The summed E-state index contributed by atoms with van der Waals surface area (Å²) in [4.78, 5) is 13.7. The highest BCUT2D eigenvalue weighted by Crippen LogP contribution is 2.26.